The van der Waals surface area contributed by atoms with E-state index in [0.29, 0.717) is 19.3 Å². The maximum atomic E-state index is 13.0. The number of benzene rings is 2. The molecule has 2 aliphatic rings. The lowest BCUT2D eigenvalue weighted by Crippen LogP contribution is -2.58. The minimum absolute atomic E-state index is 0.0601. The number of carboxylic acid groups (broad SMARTS) is 1. The molecule has 3 N–H and O–H groups in total. The SMILES string of the molecule is CCC(C)(NC(=O)OCC1c2ccccc2-c2ccccc21)C(=O)N[C@@H]1CCC[C@H](C(=O)O)C1. The highest BCUT2D eigenvalue weighted by Gasteiger charge is 2.37. The van der Waals surface area contributed by atoms with Crippen LogP contribution in [0.5, 0.6) is 0 Å². The molecule has 0 heterocycles. The van der Waals surface area contributed by atoms with Crippen molar-refractivity contribution < 1.29 is 24.2 Å². The van der Waals surface area contributed by atoms with Gasteiger partial charge in [-0.1, -0.05) is 61.9 Å². The number of alkyl carbamates (subject to hydrolysis) is 1. The number of rotatable bonds is 7. The van der Waals surface area contributed by atoms with Gasteiger partial charge in [0.2, 0.25) is 5.91 Å². The predicted molar refractivity (Wildman–Crippen MR) is 128 cm³/mol. The molecule has 180 valence electrons. The summed E-state index contributed by atoms with van der Waals surface area (Å²) in [5.74, 6) is -1.65. The Bertz CT molecular complexity index is 1040. The smallest absolute Gasteiger partial charge is 0.408 e. The molecule has 7 nitrogen and oxygen atoms in total. The molecule has 7 heteroatoms. The van der Waals surface area contributed by atoms with Crippen molar-refractivity contribution in [2.75, 3.05) is 6.61 Å². The van der Waals surface area contributed by atoms with E-state index in [0.717, 1.165) is 35.1 Å². The second kappa shape index (κ2) is 9.87. The summed E-state index contributed by atoms with van der Waals surface area (Å²) in [6, 6.07) is 16.0. The molecule has 4 rings (SSSR count). The van der Waals surface area contributed by atoms with Crippen LogP contribution in [0.4, 0.5) is 4.79 Å². The van der Waals surface area contributed by atoms with Gasteiger partial charge in [0.15, 0.2) is 0 Å². The van der Waals surface area contributed by atoms with Gasteiger partial charge in [-0.05, 0) is 54.9 Å². The Morgan fingerprint density at radius 3 is 2.24 bits per heavy atom. The summed E-state index contributed by atoms with van der Waals surface area (Å²) < 4.78 is 5.62. The number of amides is 2. The fourth-order valence-corrected chi connectivity index (χ4v) is 5.06. The molecule has 34 heavy (non-hydrogen) atoms. The molecule has 1 fully saturated rings. The number of hydrogen-bond donors (Lipinski definition) is 3. The second-order valence-electron chi connectivity index (χ2n) is 9.51. The largest absolute Gasteiger partial charge is 0.481 e. The molecule has 2 amide bonds. The molecule has 2 aromatic rings. The van der Waals surface area contributed by atoms with Gasteiger partial charge in [0.05, 0.1) is 5.92 Å². The monoisotopic (exact) mass is 464 g/mol. The van der Waals surface area contributed by atoms with E-state index in [9.17, 15) is 19.5 Å². The van der Waals surface area contributed by atoms with Crippen molar-refractivity contribution in [1.82, 2.24) is 10.6 Å². The molecule has 2 aliphatic carbocycles. The number of carbonyl (C=O) groups excluding carboxylic acids is 2. The molecular formula is C27H32N2O5. The van der Waals surface area contributed by atoms with E-state index < -0.39 is 23.5 Å². The van der Waals surface area contributed by atoms with Crippen molar-refractivity contribution in [3.63, 3.8) is 0 Å². The predicted octanol–water partition coefficient (Wildman–Crippen LogP) is 4.45. The normalized spacial score (nSPS) is 21.0. The fourth-order valence-electron chi connectivity index (χ4n) is 5.06. The quantitative estimate of drug-likeness (QED) is 0.561. The van der Waals surface area contributed by atoms with Gasteiger partial charge in [-0.3, -0.25) is 9.59 Å². The Balaban J connectivity index is 1.38. The highest BCUT2D eigenvalue weighted by Crippen LogP contribution is 2.44. The molecule has 1 unspecified atom stereocenters. The first-order chi connectivity index (χ1) is 16.3. The summed E-state index contributed by atoms with van der Waals surface area (Å²) in [5, 5.41) is 15.0. The van der Waals surface area contributed by atoms with Crippen molar-refractivity contribution >= 4 is 18.0 Å². The molecule has 3 atom stereocenters. The van der Waals surface area contributed by atoms with Gasteiger partial charge in [0.25, 0.3) is 0 Å². The van der Waals surface area contributed by atoms with Gasteiger partial charge in [0, 0.05) is 12.0 Å². The number of carbonyl (C=O) groups is 3. The maximum Gasteiger partial charge on any atom is 0.408 e. The average Bonchev–Trinajstić information content (AvgIpc) is 3.16. The van der Waals surface area contributed by atoms with Gasteiger partial charge >= 0.3 is 12.1 Å². The van der Waals surface area contributed by atoms with Crippen LogP contribution in [-0.2, 0) is 14.3 Å². The van der Waals surface area contributed by atoms with Gasteiger partial charge in [0.1, 0.15) is 12.1 Å². The van der Waals surface area contributed by atoms with Crippen LogP contribution in [0.2, 0.25) is 0 Å². The van der Waals surface area contributed by atoms with E-state index >= 15 is 0 Å². The minimum Gasteiger partial charge on any atom is -0.481 e. The average molecular weight is 465 g/mol. The van der Waals surface area contributed by atoms with Crippen molar-refractivity contribution in [1.29, 1.82) is 0 Å². The Labute approximate surface area is 199 Å². The second-order valence-corrected chi connectivity index (χ2v) is 9.51. The summed E-state index contributed by atoms with van der Waals surface area (Å²) in [7, 11) is 0. The van der Waals surface area contributed by atoms with Crippen molar-refractivity contribution in [2.24, 2.45) is 5.92 Å². The van der Waals surface area contributed by atoms with Gasteiger partial charge in [-0.2, -0.15) is 0 Å². The van der Waals surface area contributed by atoms with Gasteiger partial charge < -0.3 is 20.5 Å². The number of nitrogens with one attached hydrogen (secondary N) is 2. The molecule has 1 saturated carbocycles. The third-order valence-electron chi connectivity index (χ3n) is 7.29. The number of carboxylic acids is 1. The number of ether oxygens (including phenoxy) is 1. The van der Waals surface area contributed by atoms with Crippen LogP contribution in [0.3, 0.4) is 0 Å². The van der Waals surface area contributed by atoms with Crippen LogP contribution in [-0.4, -0.2) is 41.3 Å². The third kappa shape index (κ3) is 4.79. The Kier molecular flexibility index (Phi) is 6.91. The van der Waals surface area contributed by atoms with E-state index in [4.69, 9.17) is 4.74 Å². The van der Waals surface area contributed by atoms with E-state index in [2.05, 4.69) is 34.9 Å². The van der Waals surface area contributed by atoms with Crippen molar-refractivity contribution in [2.45, 2.75) is 63.5 Å². The molecule has 0 aliphatic heterocycles. The first-order valence-corrected chi connectivity index (χ1v) is 12.0. The van der Waals surface area contributed by atoms with E-state index in [1.54, 1.807) is 6.92 Å². The molecule has 2 aromatic carbocycles. The first-order valence-electron chi connectivity index (χ1n) is 12.0. The lowest BCUT2D eigenvalue weighted by Gasteiger charge is -2.33. The fraction of sp³-hybridized carbons (Fsp3) is 0.444. The lowest BCUT2D eigenvalue weighted by atomic mass is 9.85. The third-order valence-corrected chi connectivity index (χ3v) is 7.29. The molecule has 0 bridgehead atoms. The molecule has 0 aromatic heterocycles. The van der Waals surface area contributed by atoms with E-state index in [1.807, 2.05) is 31.2 Å². The zero-order valence-electron chi connectivity index (χ0n) is 19.7. The van der Waals surface area contributed by atoms with Crippen molar-refractivity contribution in [3.05, 3.63) is 59.7 Å². The topological polar surface area (TPSA) is 105 Å². The van der Waals surface area contributed by atoms with Crippen LogP contribution in [0.1, 0.15) is 63.0 Å². The molecular weight excluding hydrogens is 432 g/mol. The van der Waals surface area contributed by atoms with Crippen LogP contribution in [0.15, 0.2) is 48.5 Å². The van der Waals surface area contributed by atoms with E-state index in [-0.39, 0.29) is 24.5 Å². The Hall–Kier alpha value is -3.35. The van der Waals surface area contributed by atoms with Crippen LogP contribution >= 0.6 is 0 Å². The maximum absolute atomic E-state index is 13.0. The van der Waals surface area contributed by atoms with Gasteiger partial charge in [-0.15, -0.1) is 0 Å². The van der Waals surface area contributed by atoms with Crippen molar-refractivity contribution in [3.8, 4) is 11.1 Å². The highest BCUT2D eigenvalue weighted by atomic mass is 16.5. The molecule has 0 radical (unpaired) electrons. The summed E-state index contributed by atoms with van der Waals surface area (Å²) in [6.07, 6.45) is 2.26. The zero-order valence-corrected chi connectivity index (χ0v) is 19.7. The van der Waals surface area contributed by atoms with Crippen LogP contribution in [0.25, 0.3) is 11.1 Å². The summed E-state index contributed by atoms with van der Waals surface area (Å²) in [6.45, 7) is 3.66. The van der Waals surface area contributed by atoms with Crippen LogP contribution in [0, 0.1) is 5.92 Å². The number of aliphatic carboxylic acids is 1. The Morgan fingerprint density at radius 1 is 1.03 bits per heavy atom. The molecule has 0 spiro atoms. The molecule has 0 saturated heterocycles. The Morgan fingerprint density at radius 2 is 1.65 bits per heavy atom. The highest BCUT2D eigenvalue weighted by molar-refractivity contribution is 5.89. The first kappa shape index (κ1) is 23.8. The standard InChI is InChI=1S/C27H32N2O5/c1-3-27(2,25(32)28-18-10-8-9-17(15-18)24(30)31)29-26(33)34-16-23-21-13-6-4-11-19(21)20-12-5-7-14-22(20)23/h4-7,11-14,17-18,23H,3,8-10,15-16H2,1-2H3,(H,28,32)(H,29,33)(H,30,31)/t17-,18+,27?/m0/s1. The zero-order chi connectivity index (χ0) is 24.3. The van der Waals surface area contributed by atoms with Gasteiger partial charge in [-0.25, -0.2) is 4.79 Å². The summed E-state index contributed by atoms with van der Waals surface area (Å²) in [5.41, 5.74) is 3.39. The van der Waals surface area contributed by atoms with E-state index in [1.165, 1.54) is 0 Å². The number of hydrogen-bond acceptors (Lipinski definition) is 4. The van der Waals surface area contributed by atoms with Crippen LogP contribution < -0.4 is 10.6 Å². The lowest BCUT2D eigenvalue weighted by molar-refractivity contribution is -0.143. The summed E-state index contributed by atoms with van der Waals surface area (Å²) in [4.78, 5) is 37.1. The minimum atomic E-state index is -1.15. The summed E-state index contributed by atoms with van der Waals surface area (Å²) >= 11 is 0. The number of fused-ring (bicyclic) bond motifs is 3.